The Morgan fingerprint density at radius 2 is 2.06 bits per heavy atom. The van der Waals surface area contributed by atoms with E-state index in [9.17, 15) is 4.79 Å². The van der Waals surface area contributed by atoms with Gasteiger partial charge in [0.25, 0.3) is 0 Å². The van der Waals surface area contributed by atoms with Crippen LogP contribution in [0.15, 0.2) is 39.7 Å². The third-order valence-corrected chi connectivity index (χ3v) is 6.27. The second-order valence-electron chi connectivity index (χ2n) is 7.64. The lowest BCUT2D eigenvalue weighted by molar-refractivity contribution is -0.245. The molecule has 1 unspecified atom stereocenters. The molecule has 1 atom stereocenters. The number of thiol groups is 1. The largest absolute Gasteiger partial charge is 0.367 e. The Morgan fingerprint density at radius 1 is 1.35 bits per heavy atom. The number of rotatable bonds is 11. The first-order valence-electron chi connectivity index (χ1n) is 10.1. The molecule has 8 heteroatoms. The summed E-state index contributed by atoms with van der Waals surface area (Å²) in [6, 6.07) is 9.47. The minimum atomic E-state index is -0.0798. The number of nitrogens with zero attached hydrogens (tertiary/aromatic N) is 2. The van der Waals surface area contributed by atoms with Gasteiger partial charge in [-0.2, -0.15) is 0 Å². The Kier molecular flexibility index (Phi) is 9.55. The van der Waals surface area contributed by atoms with Crippen molar-refractivity contribution in [3.05, 3.63) is 51.5 Å². The van der Waals surface area contributed by atoms with Gasteiger partial charge >= 0.3 is 0 Å². The molecule has 0 aromatic heterocycles. The lowest BCUT2D eigenvalue weighted by Crippen LogP contribution is -2.38. The molecule has 2 N–H and O–H groups in total. The predicted octanol–water partition coefficient (Wildman–Crippen LogP) is 5.48. The van der Waals surface area contributed by atoms with E-state index in [1.165, 1.54) is 4.90 Å². The van der Waals surface area contributed by atoms with E-state index in [0.717, 1.165) is 51.0 Å². The Balaban J connectivity index is 2.43. The molecule has 0 spiro atoms. The first kappa shape index (κ1) is 25.4. The SMILES string of the molecule is CCCC(COO)N(C)c1c(Br)cccc1N(C=O)CC(=N)c1c(C)cc(C)cc1S. The highest BCUT2D eigenvalue weighted by Crippen LogP contribution is 2.37. The van der Waals surface area contributed by atoms with E-state index in [1.807, 2.05) is 56.1 Å². The predicted molar refractivity (Wildman–Crippen MR) is 133 cm³/mol. The van der Waals surface area contributed by atoms with Crippen molar-refractivity contribution in [2.75, 3.05) is 30.0 Å². The topological polar surface area (TPSA) is 76.9 Å². The van der Waals surface area contributed by atoms with E-state index >= 15 is 0 Å². The average molecular weight is 508 g/mol. The van der Waals surface area contributed by atoms with Gasteiger partial charge in [-0.15, -0.1) is 12.6 Å². The van der Waals surface area contributed by atoms with Gasteiger partial charge in [0, 0.05) is 22.0 Å². The summed E-state index contributed by atoms with van der Waals surface area (Å²) in [5.41, 5.74) is 4.55. The van der Waals surface area contributed by atoms with E-state index in [2.05, 4.69) is 40.4 Å². The van der Waals surface area contributed by atoms with Crippen LogP contribution in [0.1, 0.15) is 36.5 Å². The molecule has 0 aliphatic rings. The molecular weight excluding hydrogens is 478 g/mol. The zero-order valence-corrected chi connectivity index (χ0v) is 20.8. The molecule has 0 heterocycles. The maximum Gasteiger partial charge on any atom is 0.214 e. The molecule has 1 amide bonds. The van der Waals surface area contributed by atoms with E-state index in [-0.39, 0.29) is 19.2 Å². The van der Waals surface area contributed by atoms with Crippen molar-refractivity contribution in [3.8, 4) is 0 Å². The van der Waals surface area contributed by atoms with Crippen LogP contribution in [-0.2, 0) is 9.68 Å². The summed E-state index contributed by atoms with van der Waals surface area (Å²) in [4.78, 5) is 20.8. The summed E-state index contributed by atoms with van der Waals surface area (Å²) >= 11 is 8.16. The van der Waals surface area contributed by atoms with Gasteiger partial charge in [-0.3, -0.25) is 10.1 Å². The van der Waals surface area contributed by atoms with Crippen LogP contribution in [0.3, 0.4) is 0 Å². The summed E-state index contributed by atoms with van der Waals surface area (Å²) in [5.74, 6) is 0. The van der Waals surface area contributed by atoms with Gasteiger partial charge in [0.05, 0.1) is 29.7 Å². The van der Waals surface area contributed by atoms with Crippen LogP contribution >= 0.6 is 28.6 Å². The number of carbonyl (C=O) groups excluding carboxylic acids is 1. The molecule has 0 aliphatic heterocycles. The number of benzene rings is 2. The molecule has 168 valence electrons. The van der Waals surface area contributed by atoms with Crippen LogP contribution < -0.4 is 9.80 Å². The van der Waals surface area contributed by atoms with Crippen LogP contribution in [0.25, 0.3) is 0 Å². The van der Waals surface area contributed by atoms with Gasteiger partial charge < -0.3 is 15.2 Å². The highest BCUT2D eigenvalue weighted by molar-refractivity contribution is 9.10. The van der Waals surface area contributed by atoms with E-state index in [1.54, 1.807) is 0 Å². The summed E-state index contributed by atoms with van der Waals surface area (Å²) < 4.78 is 0.811. The van der Waals surface area contributed by atoms with Gasteiger partial charge in [-0.1, -0.05) is 25.5 Å². The molecule has 0 aliphatic carbocycles. The maximum atomic E-state index is 12.1. The summed E-state index contributed by atoms with van der Waals surface area (Å²) in [7, 11) is 1.91. The fourth-order valence-electron chi connectivity index (χ4n) is 3.84. The quantitative estimate of drug-likeness (QED) is 0.124. The zero-order chi connectivity index (χ0) is 23.1. The third-order valence-electron chi connectivity index (χ3n) is 5.28. The molecule has 2 aromatic rings. The summed E-state index contributed by atoms with van der Waals surface area (Å²) in [5, 5.41) is 17.7. The minimum absolute atomic E-state index is 0.0798. The van der Waals surface area contributed by atoms with Gasteiger partial charge in [0.1, 0.15) is 6.61 Å². The zero-order valence-electron chi connectivity index (χ0n) is 18.4. The first-order chi connectivity index (χ1) is 14.7. The van der Waals surface area contributed by atoms with Crippen LogP contribution in [0.5, 0.6) is 0 Å². The second-order valence-corrected chi connectivity index (χ2v) is 8.98. The molecule has 0 saturated carbocycles. The number of amides is 1. The van der Waals surface area contributed by atoms with E-state index < -0.39 is 0 Å². The Bertz CT molecular complexity index is 909. The fraction of sp³-hybridized carbons (Fsp3) is 0.391. The Hall–Kier alpha value is -1.87. The number of likely N-dealkylation sites (N-methyl/N-ethyl adjacent to an activating group) is 1. The molecule has 0 fully saturated rings. The van der Waals surface area contributed by atoms with Gasteiger partial charge in [-0.05, 0) is 65.5 Å². The normalized spacial score (nSPS) is 11.8. The lowest BCUT2D eigenvalue weighted by atomic mass is 10.0. The molecule has 0 radical (unpaired) electrons. The number of aryl methyl sites for hydroxylation is 2. The highest BCUT2D eigenvalue weighted by atomic mass is 79.9. The molecule has 2 aromatic carbocycles. The number of hydrogen-bond donors (Lipinski definition) is 3. The minimum Gasteiger partial charge on any atom is -0.367 e. The van der Waals surface area contributed by atoms with Crippen molar-refractivity contribution in [1.82, 2.24) is 0 Å². The van der Waals surface area contributed by atoms with Crippen LogP contribution in [-0.4, -0.2) is 43.6 Å². The Labute approximate surface area is 198 Å². The van der Waals surface area contributed by atoms with Crippen LogP contribution in [0, 0.1) is 19.3 Å². The van der Waals surface area contributed by atoms with E-state index in [0.29, 0.717) is 11.4 Å². The summed E-state index contributed by atoms with van der Waals surface area (Å²) in [6.45, 7) is 6.26. The van der Waals surface area contributed by atoms with Crippen molar-refractivity contribution in [3.63, 3.8) is 0 Å². The van der Waals surface area contributed by atoms with Gasteiger partial charge in [0.2, 0.25) is 6.41 Å². The van der Waals surface area contributed by atoms with Crippen molar-refractivity contribution in [2.24, 2.45) is 0 Å². The van der Waals surface area contributed by atoms with Crippen molar-refractivity contribution in [1.29, 1.82) is 5.41 Å². The third kappa shape index (κ3) is 6.10. The number of anilines is 2. The smallest absolute Gasteiger partial charge is 0.214 e. The van der Waals surface area contributed by atoms with Crippen molar-refractivity contribution >= 4 is 52.1 Å². The van der Waals surface area contributed by atoms with Gasteiger partial charge in [-0.25, -0.2) is 4.89 Å². The lowest BCUT2D eigenvalue weighted by Gasteiger charge is -2.33. The molecule has 2 rings (SSSR count). The highest BCUT2D eigenvalue weighted by Gasteiger charge is 2.24. The first-order valence-corrected chi connectivity index (χ1v) is 11.4. The van der Waals surface area contributed by atoms with Crippen molar-refractivity contribution < 1.29 is 14.9 Å². The van der Waals surface area contributed by atoms with Gasteiger partial charge in [0.15, 0.2) is 0 Å². The second kappa shape index (κ2) is 11.7. The number of para-hydroxylation sites is 1. The Morgan fingerprint density at radius 3 is 2.65 bits per heavy atom. The number of carbonyl (C=O) groups is 1. The number of nitrogens with one attached hydrogen (secondary N) is 1. The molecular formula is C23H30BrN3O3S. The standard InChI is InChI=1S/C23H30BrN3O3S/c1-5-7-17(13-30-29)26(4)23-18(24)8-6-9-20(23)27(14-28)12-19(25)22-16(3)10-15(2)11-21(22)31/h6,8-11,14,17,25,29,31H,5,7,12-13H2,1-4H3. The van der Waals surface area contributed by atoms with Crippen molar-refractivity contribution in [2.45, 2.75) is 44.6 Å². The fourth-order valence-corrected chi connectivity index (χ4v) is 4.99. The molecule has 0 bridgehead atoms. The number of halogens is 1. The van der Waals surface area contributed by atoms with Crippen LogP contribution in [0.2, 0.25) is 0 Å². The monoisotopic (exact) mass is 507 g/mol. The van der Waals surface area contributed by atoms with E-state index in [4.69, 9.17) is 10.7 Å². The molecule has 31 heavy (non-hydrogen) atoms. The summed E-state index contributed by atoms with van der Waals surface area (Å²) in [6.07, 6.45) is 2.46. The van der Waals surface area contributed by atoms with Crippen LogP contribution in [0.4, 0.5) is 11.4 Å². The number of hydrogen-bond acceptors (Lipinski definition) is 6. The maximum absolute atomic E-state index is 12.1. The molecule has 0 saturated heterocycles. The molecule has 6 nitrogen and oxygen atoms in total. The average Bonchev–Trinajstić information content (AvgIpc) is 2.70.